The van der Waals surface area contributed by atoms with Crippen molar-refractivity contribution < 1.29 is 9.90 Å². The predicted octanol–water partition coefficient (Wildman–Crippen LogP) is 2.55. The van der Waals surface area contributed by atoms with E-state index in [1.807, 2.05) is 31.4 Å². The molecule has 0 spiro atoms. The quantitative estimate of drug-likeness (QED) is 0.725. The maximum atomic E-state index is 12.2. The van der Waals surface area contributed by atoms with Gasteiger partial charge in [0.25, 0.3) is 0 Å². The summed E-state index contributed by atoms with van der Waals surface area (Å²) in [5.41, 5.74) is 1.16. The van der Waals surface area contributed by atoms with Crippen LogP contribution in [0.25, 0.3) is 0 Å². The third-order valence-corrected chi connectivity index (χ3v) is 5.10. The van der Waals surface area contributed by atoms with Crippen molar-refractivity contribution in [2.24, 2.45) is 5.92 Å². The van der Waals surface area contributed by atoms with Gasteiger partial charge in [0.15, 0.2) is 0 Å². The molecule has 0 aromatic heterocycles. The van der Waals surface area contributed by atoms with Gasteiger partial charge in [0.2, 0.25) is 0 Å². The van der Waals surface area contributed by atoms with E-state index in [-0.39, 0.29) is 30.0 Å². The van der Waals surface area contributed by atoms with Crippen molar-refractivity contribution in [1.82, 2.24) is 10.6 Å². The SMILES string of the molecule is CSC(CO)C(C)NC(=O)NC(c1ccccc1)C1CC1. The Labute approximate surface area is 130 Å². The molecule has 1 aromatic carbocycles. The molecule has 0 saturated heterocycles. The molecule has 3 N–H and O–H groups in total. The summed E-state index contributed by atoms with van der Waals surface area (Å²) in [7, 11) is 0. The molecule has 3 unspecified atom stereocenters. The fourth-order valence-electron chi connectivity index (χ4n) is 2.48. The highest BCUT2D eigenvalue weighted by molar-refractivity contribution is 7.99. The lowest BCUT2D eigenvalue weighted by Gasteiger charge is -2.24. The maximum absolute atomic E-state index is 12.2. The van der Waals surface area contributed by atoms with Crippen LogP contribution in [0.4, 0.5) is 4.79 Å². The summed E-state index contributed by atoms with van der Waals surface area (Å²) < 4.78 is 0. The molecule has 116 valence electrons. The molecule has 0 bridgehead atoms. The fraction of sp³-hybridized carbons (Fsp3) is 0.562. The van der Waals surface area contributed by atoms with E-state index in [9.17, 15) is 9.90 Å². The standard InChI is InChI=1S/C16H24N2O2S/c1-11(14(10-19)21-2)17-16(20)18-15(13-8-9-13)12-6-4-3-5-7-12/h3-7,11,13-15,19H,8-10H2,1-2H3,(H2,17,18,20). The van der Waals surface area contributed by atoms with Crippen molar-refractivity contribution in [1.29, 1.82) is 0 Å². The summed E-state index contributed by atoms with van der Waals surface area (Å²) in [6, 6.07) is 9.97. The number of benzene rings is 1. The van der Waals surface area contributed by atoms with Gasteiger partial charge in [0.1, 0.15) is 0 Å². The first kappa shape index (κ1) is 16.2. The minimum absolute atomic E-state index is 0.0202. The number of urea groups is 1. The van der Waals surface area contributed by atoms with Crippen LogP contribution in [0.2, 0.25) is 0 Å². The molecule has 1 aliphatic carbocycles. The zero-order valence-corrected chi connectivity index (χ0v) is 13.4. The Bertz CT molecular complexity index is 447. The van der Waals surface area contributed by atoms with E-state index in [0.29, 0.717) is 5.92 Å². The third-order valence-electron chi connectivity index (χ3n) is 3.94. The van der Waals surface area contributed by atoms with Crippen molar-refractivity contribution >= 4 is 17.8 Å². The van der Waals surface area contributed by atoms with E-state index < -0.39 is 0 Å². The number of nitrogens with one attached hydrogen (secondary N) is 2. The lowest BCUT2D eigenvalue weighted by atomic mass is 10.0. The number of rotatable bonds is 7. The van der Waals surface area contributed by atoms with Crippen molar-refractivity contribution in [3.63, 3.8) is 0 Å². The number of thioether (sulfide) groups is 1. The smallest absolute Gasteiger partial charge is 0.315 e. The molecule has 0 heterocycles. The molecule has 3 atom stereocenters. The minimum atomic E-state index is -0.157. The summed E-state index contributed by atoms with van der Waals surface area (Å²) in [5, 5.41) is 15.3. The molecular weight excluding hydrogens is 284 g/mol. The van der Waals surface area contributed by atoms with Crippen LogP contribution in [0.3, 0.4) is 0 Å². The number of amides is 2. The van der Waals surface area contributed by atoms with Crippen LogP contribution in [0.5, 0.6) is 0 Å². The van der Waals surface area contributed by atoms with Crippen LogP contribution >= 0.6 is 11.8 Å². The molecule has 1 fully saturated rings. The van der Waals surface area contributed by atoms with Gasteiger partial charge in [-0.3, -0.25) is 0 Å². The van der Waals surface area contributed by atoms with Crippen molar-refractivity contribution in [3.05, 3.63) is 35.9 Å². The van der Waals surface area contributed by atoms with Crippen molar-refractivity contribution in [2.45, 2.75) is 37.1 Å². The Morgan fingerprint density at radius 3 is 2.52 bits per heavy atom. The van der Waals surface area contributed by atoms with Crippen molar-refractivity contribution in [3.8, 4) is 0 Å². The average molecular weight is 308 g/mol. The molecule has 1 aliphatic rings. The third kappa shape index (κ3) is 4.64. The number of hydrogen-bond acceptors (Lipinski definition) is 3. The summed E-state index contributed by atoms with van der Waals surface area (Å²) in [4.78, 5) is 12.2. The first-order valence-electron chi connectivity index (χ1n) is 7.41. The molecule has 2 rings (SSSR count). The normalized spacial score (nSPS) is 18.6. The maximum Gasteiger partial charge on any atom is 0.315 e. The molecule has 1 aromatic rings. The fourth-order valence-corrected chi connectivity index (χ4v) is 3.11. The van der Waals surface area contributed by atoms with E-state index in [1.165, 1.54) is 12.8 Å². The summed E-state index contributed by atoms with van der Waals surface area (Å²) in [6.07, 6.45) is 4.27. The second-order valence-electron chi connectivity index (χ2n) is 5.59. The van der Waals surface area contributed by atoms with E-state index in [1.54, 1.807) is 11.8 Å². The van der Waals surface area contributed by atoms with Gasteiger partial charge in [0.05, 0.1) is 12.6 Å². The molecule has 0 radical (unpaired) electrons. The Morgan fingerprint density at radius 1 is 1.33 bits per heavy atom. The lowest BCUT2D eigenvalue weighted by molar-refractivity contribution is 0.227. The molecule has 0 aliphatic heterocycles. The van der Waals surface area contributed by atoms with Gasteiger partial charge in [-0.15, -0.1) is 0 Å². The van der Waals surface area contributed by atoms with Gasteiger partial charge in [-0.1, -0.05) is 30.3 Å². The summed E-state index contributed by atoms with van der Waals surface area (Å²) in [6.45, 7) is 1.99. The summed E-state index contributed by atoms with van der Waals surface area (Å²) >= 11 is 1.56. The van der Waals surface area contributed by atoms with Gasteiger partial charge in [-0.2, -0.15) is 11.8 Å². The summed E-state index contributed by atoms with van der Waals surface area (Å²) in [5.74, 6) is 0.544. The molecule has 2 amide bonds. The zero-order chi connectivity index (χ0) is 15.2. The number of carbonyl (C=O) groups is 1. The zero-order valence-electron chi connectivity index (χ0n) is 12.6. The van der Waals surface area contributed by atoms with Gasteiger partial charge < -0.3 is 15.7 Å². The average Bonchev–Trinajstić information content (AvgIpc) is 3.31. The minimum Gasteiger partial charge on any atom is -0.395 e. The highest BCUT2D eigenvalue weighted by Crippen LogP contribution is 2.40. The Balaban J connectivity index is 1.93. The van der Waals surface area contributed by atoms with E-state index >= 15 is 0 Å². The highest BCUT2D eigenvalue weighted by atomic mass is 32.2. The van der Waals surface area contributed by atoms with Crippen LogP contribution in [0, 0.1) is 5.92 Å². The predicted molar refractivity (Wildman–Crippen MR) is 87.4 cm³/mol. The van der Waals surface area contributed by atoms with Crippen molar-refractivity contribution in [2.75, 3.05) is 12.9 Å². The first-order valence-corrected chi connectivity index (χ1v) is 8.70. The Morgan fingerprint density at radius 2 is 2.00 bits per heavy atom. The van der Waals surface area contributed by atoms with Crippen LogP contribution in [-0.2, 0) is 0 Å². The van der Waals surface area contributed by atoms with Crippen LogP contribution < -0.4 is 10.6 Å². The number of carbonyl (C=O) groups excluding carboxylic acids is 1. The van der Waals surface area contributed by atoms with Gasteiger partial charge in [-0.05, 0) is 37.5 Å². The Kier molecular flexibility index (Phi) is 5.94. The lowest BCUT2D eigenvalue weighted by Crippen LogP contribution is -2.47. The van der Waals surface area contributed by atoms with Gasteiger partial charge in [0, 0.05) is 11.3 Å². The number of hydrogen-bond donors (Lipinski definition) is 3. The monoisotopic (exact) mass is 308 g/mol. The van der Waals surface area contributed by atoms with Crippen LogP contribution in [-0.4, -0.2) is 35.3 Å². The molecule has 4 nitrogen and oxygen atoms in total. The second-order valence-corrected chi connectivity index (χ2v) is 6.67. The van der Waals surface area contributed by atoms with Gasteiger partial charge >= 0.3 is 6.03 Å². The molecule has 21 heavy (non-hydrogen) atoms. The molecule has 1 saturated carbocycles. The van der Waals surface area contributed by atoms with Crippen LogP contribution in [0.15, 0.2) is 30.3 Å². The van der Waals surface area contributed by atoms with E-state index in [0.717, 1.165) is 5.56 Å². The van der Waals surface area contributed by atoms with E-state index in [4.69, 9.17) is 0 Å². The topological polar surface area (TPSA) is 61.4 Å². The number of aliphatic hydroxyl groups is 1. The van der Waals surface area contributed by atoms with Gasteiger partial charge in [-0.25, -0.2) is 4.79 Å². The first-order chi connectivity index (χ1) is 10.2. The highest BCUT2D eigenvalue weighted by Gasteiger charge is 2.33. The Hall–Kier alpha value is -1.20. The largest absolute Gasteiger partial charge is 0.395 e. The molecule has 5 heteroatoms. The molecular formula is C16H24N2O2S. The van der Waals surface area contributed by atoms with E-state index in [2.05, 4.69) is 22.8 Å². The number of aliphatic hydroxyl groups excluding tert-OH is 1. The van der Waals surface area contributed by atoms with Crippen LogP contribution in [0.1, 0.15) is 31.4 Å². The second kappa shape index (κ2) is 7.71.